The Morgan fingerprint density at radius 1 is 1.10 bits per heavy atom. The molecular weight excluding hydrogens is 260 g/mol. The van der Waals surface area contributed by atoms with Crippen LogP contribution in [0, 0.1) is 0 Å². The van der Waals surface area contributed by atoms with Crippen LogP contribution in [0.25, 0.3) is 0 Å². The monoisotopic (exact) mass is 280 g/mol. The molecule has 1 unspecified atom stereocenters. The van der Waals surface area contributed by atoms with E-state index in [0.29, 0.717) is 5.56 Å². The molecule has 108 valence electrons. The molecule has 3 nitrogen and oxygen atoms in total. The highest BCUT2D eigenvalue weighted by molar-refractivity contribution is 5.94. The number of carbonyl (C=O) groups excluding carboxylic acids is 1. The molecule has 0 saturated carbocycles. The Bertz CT molecular complexity index is 637. The van der Waals surface area contributed by atoms with E-state index in [2.05, 4.69) is 28.5 Å². The smallest absolute Gasteiger partial charge is 0.251 e. The first-order valence-electron chi connectivity index (χ1n) is 7.56. The SMILES string of the molecule is CC(NC(=O)c1ccncc1)c1ccc2c(c1)CCCC2. The lowest BCUT2D eigenvalue weighted by Gasteiger charge is -2.20. The summed E-state index contributed by atoms with van der Waals surface area (Å²) in [7, 11) is 0. The normalized spacial score (nSPS) is 15.1. The lowest BCUT2D eigenvalue weighted by molar-refractivity contribution is 0.0939. The number of benzene rings is 1. The molecule has 1 atom stereocenters. The molecule has 1 aliphatic carbocycles. The van der Waals surface area contributed by atoms with Gasteiger partial charge >= 0.3 is 0 Å². The molecule has 21 heavy (non-hydrogen) atoms. The molecule has 0 radical (unpaired) electrons. The predicted octanol–water partition coefficient (Wildman–Crippen LogP) is 3.45. The maximum atomic E-state index is 12.2. The summed E-state index contributed by atoms with van der Waals surface area (Å²) in [5.41, 5.74) is 4.74. The summed E-state index contributed by atoms with van der Waals surface area (Å²) in [6.07, 6.45) is 8.19. The summed E-state index contributed by atoms with van der Waals surface area (Å²) in [5, 5.41) is 3.05. The number of hydrogen-bond acceptors (Lipinski definition) is 2. The van der Waals surface area contributed by atoms with Crippen molar-refractivity contribution in [3.05, 3.63) is 65.0 Å². The second-order valence-corrected chi connectivity index (χ2v) is 5.67. The van der Waals surface area contributed by atoms with Crippen molar-refractivity contribution in [3.8, 4) is 0 Å². The minimum atomic E-state index is -0.0531. The third kappa shape index (κ3) is 3.13. The number of fused-ring (bicyclic) bond motifs is 1. The molecule has 0 spiro atoms. The van der Waals surface area contributed by atoms with Gasteiger partial charge in [0.15, 0.2) is 0 Å². The average molecular weight is 280 g/mol. The number of nitrogens with zero attached hydrogens (tertiary/aromatic N) is 1. The van der Waals surface area contributed by atoms with Gasteiger partial charge in [0.25, 0.3) is 5.91 Å². The van der Waals surface area contributed by atoms with Gasteiger partial charge in [0.2, 0.25) is 0 Å². The Morgan fingerprint density at radius 3 is 2.57 bits per heavy atom. The molecule has 0 fully saturated rings. The second kappa shape index (κ2) is 6.08. The van der Waals surface area contributed by atoms with Crippen molar-refractivity contribution in [1.82, 2.24) is 10.3 Å². The van der Waals surface area contributed by atoms with Gasteiger partial charge in [-0.15, -0.1) is 0 Å². The predicted molar refractivity (Wildman–Crippen MR) is 83.2 cm³/mol. The number of rotatable bonds is 3. The molecule has 3 rings (SSSR count). The largest absolute Gasteiger partial charge is 0.346 e. The van der Waals surface area contributed by atoms with Crippen LogP contribution >= 0.6 is 0 Å². The van der Waals surface area contributed by atoms with E-state index in [4.69, 9.17) is 0 Å². The zero-order valence-electron chi connectivity index (χ0n) is 12.3. The molecule has 3 heteroatoms. The second-order valence-electron chi connectivity index (χ2n) is 5.67. The Kier molecular flexibility index (Phi) is 4.00. The van der Waals surface area contributed by atoms with Crippen LogP contribution in [0.1, 0.15) is 52.9 Å². The minimum absolute atomic E-state index is 0.0119. The third-order valence-corrected chi connectivity index (χ3v) is 4.16. The van der Waals surface area contributed by atoms with Crippen LogP contribution in [-0.2, 0) is 12.8 Å². The van der Waals surface area contributed by atoms with E-state index in [1.807, 2.05) is 6.92 Å². The third-order valence-electron chi connectivity index (χ3n) is 4.16. The molecule has 1 amide bonds. The van der Waals surface area contributed by atoms with Crippen LogP contribution < -0.4 is 5.32 Å². The highest BCUT2D eigenvalue weighted by atomic mass is 16.1. The van der Waals surface area contributed by atoms with Crippen LogP contribution in [0.5, 0.6) is 0 Å². The molecule has 2 aromatic rings. The van der Waals surface area contributed by atoms with E-state index in [9.17, 15) is 4.79 Å². The summed E-state index contributed by atoms with van der Waals surface area (Å²) in [4.78, 5) is 16.1. The number of aryl methyl sites for hydroxylation is 2. The summed E-state index contributed by atoms with van der Waals surface area (Å²) >= 11 is 0. The van der Waals surface area contributed by atoms with Gasteiger partial charge < -0.3 is 5.32 Å². The van der Waals surface area contributed by atoms with Gasteiger partial charge in [0.1, 0.15) is 0 Å². The van der Waals surface area contributed by atoms with Gasteiger partial charge in [-0.2, -0.15) is 0 Å². The molecule has 0 aliphatic heterocycles. The van der Waals surface area contributed by atoms with Crippen molar-refractivity contribution in [3.63, 3.8) is 0 Å². The van der Waals surface area contributed by atoms with Crippen molar-refractivity contribution >= 4 is 5.91 Å². The van der Waals surface area contributed by atoms with Crippen LogP contribution in [0.3, 0.4) is 0 Å². The molecule has 1 aromatic carbocycles. The van der Waals surface area contributed by atoms with E-state index in [1.165, 1.54) is 36.0 Å². The van der Waals surface area contributed by atoms with Crippen LogP contribution in [0.2, 0.25) is 0 Å². The summed E-state index contributed by atoms with van der Waals surface area (Å²) < 4.78 is 0. The number of aromatic nitrogens is 1. The fourth-order valence-corrected chi connectivity index (χ4v) is 2.89. The Morgan fingerprint density at radius 2 is 1.81 bits per heavy atom. The van der Waals surface area contributed by atoms with E-state index in [-0.39, 0.29) is 11.9 Å². The van der Waals surface area contributed by atoms with Crippen molar-refractivity contribution < 1.29 is 4.79 Å². The van der Waals surface area contributed by atoms with Crippen molar-refractivity contribution in [2.75, 3.05) is 0 Å². The van der Waals surface area contributed by atoms with Crippen molar-refractivity contribution in [2.45, 2.75) is 38.6 Å². The van der Waals surface area contributed by atoms with Crippen LogP contribution in [0.15, 0.2) is 42.7 Å². The highest BCUT2D eigenvalue weighted by Crippen LogP contribution is 2.24. The summed E-state index contributed by atoms with van der Waals surface area (Å²) in [6, 6.07) is 10.1. The van der Waals surface area contributed by atoms with Gasteiger partial charge in [0.05, 0.1) is 6.04 Å². The van der Waals surface area contributed by atoms with Crippen molar-refractivity contribution in [2.24, 2.45) is 0 Å². The topological polar surface area (TPSA) is 42.0 Å². The number of nitrogens with one attached hydrogen (secondary N) is 1. The lowest BCUT2D eigenvalue weighted by Crippen LogP contribution is -2.26. The lowest BCUT2D eigenvalue weighted by atomic mass is 9.89. The number of hydrogen-bond donors (Lipinski definition) is 1. The first-order chi connectivity index (χ1) is 10.2. The average Bonchev–Trinajstić information content (AvgIpc) is 2.55. The maximum Gasteiger partial charge on any atom is 0.251 e. The Hall–Kier alpha value is -2.16. The molecule has 1 N–H and O–H groups in total. The molecule has 0 saturated heterocycles. The number of pyridine rings is 1. The quantitative estimate of drug-likeness (QED) is 0.935. The fraction of sp³-hybridized carbons (Fsp3) is 0.333. The molecular formula is C18H20N2O. The standard InChI is InChI=1S/C18H20N2O/c1-13(20-18(21)15-8-10-19-11-9-15)16-7-6-14-4-2-3-5-17(14)12-16/h6-13H,2-5H2,1H3,(H,20,21). The van der Waals surface area contributed by atoms with Gasteiger partial charge in [-0.1, -0.05) is 18.2 Å². The zero-order valence-corrected chi connectivity index (χ0v) is 12.3. The van der Waals surface area contributed by atoms with Crippen molar-refractivity contribution in [1.29, 1.82) is 0 Å². The first-order valence-corrected chi connectivity index (χ1v) is 7.56. The van der Waals surface area contributed by atoms with Gasteiger partial charge in [-0.25, -0.2) is 0 Å². The fourth-order valence-electron chi connectivity index (χ4n) is 2.89. The van der Waals surface area contributed by atoms with E-state index < -0.39 is 0 Å². The number of amides is 1. The zero-order chi connectivity index (χ0) is 14.7. The van der Waals surface area contributed by atoms with E-state index >= 15 is 0 Å². The van der Waals surface area contributed by atoms with Crippen LogP contribution in [0.4, 0.5) is 0 Å². The van der Waals surface area contributed by atoms with Crippen LogP contribution in [-0.4, -0.2) is 10.9 Å². The number of carbonyl (C=O) groups is 1. The molecule has 1 heterocycles. The minimum Gasteiger partial charge on any atom is -0.346 e. The Balaban J connectivity index is 1.73. The van der Waals surface area contributed by atoms with E-state index in [0.717, 1.165) is 6.42 Å². The van der Waals surface area contributed by atoms with Gasteiger partial charge in [-0.3, -0.25) is 9.78 Å². The van der Waals surface area contributed by atoms with Gasteiger partial charge in [-0.05, 0) is 61.4 Å². The molecule has 0 bridgehead atoms. The van der Waals surface area contributed by atoms with E-state index in [1.54, 1.807) is 24.5 Å². The Labute approximate surface area is 125 Å². The molecule has 1 aliphatic rings. The molecule has 1 aromatic heterocycles. The summed E-state index contributed by atoms with van der Waals surface area (Å²) in [6.45, 7) is 2.03. The van der Waals surface area contributed by atoms with Gasteiger partial charge in [0, 0.05) is 18.0 Å². The summed E-state index contributed by atoms with van der Waals surface area (Å²) in [5.74, 6) is -0.0531. The maximum absolute atomic E-state index is 12.2. The highest BCUT2D eigenvalue weighted by Gasteiger charge is 2.14. The first kappa shape index (κ1) is 13.8.